The van der Waals surface area contributed by atoms with Gasteiger partial charge in [0.15, 0.2) is 17.3 Å². The van der Waals surface area contributed by atoms with Gasteiger partial charge in [-0.3, -0.25) is 14.4 Å². The molecule has 0 N–H and O–H groups in total. The van der Waals surface area contributed by atoms with E-state index in [0.717, 1.165) is 11.1 Å². The molecule has 3 atom stereocenters. The number of nitrogens with zero attached hydrogens (tertiary/aromatic N) is 1. The molecule has 5 heteroatoms. The van der Waals surface area contributed by atoms with Gasteiger partial charge in [-0.2, -0.15) is 0 Å². The fraction of sp³-hybridized carbons (Fsp3) is 0.147. The molecule has 0 bridgehead atoms. The number of ketones is 3. The summed E-state index contributed by atoms with van der Waals surface area (Å²) in [6.45, 7) is 1.95. The Morgan fingerprint density at radius 3 is 2.13 bits per heavy atom. The number of halogens is 1. The number of carbonyl (C=O) groups is 3. The van der Waals surface area contributed by atoms with Crippen molar-refractivity contribution >= 4 is 29.1 Å². The van der Waals surface area contributed by atoms with Crippen LogP contribution in [0.15, 0.2) is 103 Å². The monoisotopic (exact) mass is 513 g/mol. The Hall–Kier alpha value is -4.64. The maximum atomic E-state index is 14.5. The Bertz CT molecular complexity index is 1670. The van der Waals surface area contributed by atoms with Crippen LogP contribution in [0.5, 0.6) is 0 Å². The lowest BCUT2D eigenvalue weighted by Crippen LogP contribution is -2.48. The Balaban J connectivity index is 1.54. The third-order valence-corrected chi connectivity index (χ3v) is 8.53. The van der Waals surface area contributed by atoms with Crippen molar-refractivity contribution in [3.8, 4) is 0 Å². The summed E-state index contributed by atoms with van der Waals surface area (Å²) in [6.07, 6.45) is 3.58. The molecule has 1 saturated heterocycles. The smallest absolute Gasteiger partial charge is 0.185 e. The summed E-state index contributed by atoms with van der Waals surface area (Å²) >= 11 is 0. The van der Waals surface area contributed by atoms with Crippen molar-refractivity contribution in [2.45, 2.75) is 24.9 Å². The van der Waals surface area contributed by atoms with E-state index in [0.29, 0.717) is 27.9 Å². The SMILES string of the molecule is Cc1ccc(C(=O)[C@H]2[C@H](c3ccccc3)C3(C(=O)c4ccccc4C3=O)[C@@H]3C=Cc4cc(F)ccc4N32)cc1. The van der Waals surface area contributed by atoms with E-state index in [1.165, 1.54) is 12.1 Å². The summed E-state index contributed by atoms with van der Waals surface area (Å²) in [5, 5.41) is 0. The molecule has 190 valence electrons. The highest BCUT2D eigenvalue weighted by Crippen LogP contribution is 2.60. The largest absolute Gasteiger partial charge is 0.352 e. The lowest BCUT2D eigenvalue weighted by molar-refractivity contribution is 0.0666. The second kappa shape index (κ2) is 8.43. The van der Waals surface area contributed by atoms with Crippen molar-refractivity contribution in [3.63, 3.8) is 0 Å². The molecule has 0 amide bonds. The minimum absolute atomic E-state index is 0.187. The van der Waals surface area contributed by atoms with E-state index in [1.807, 2.05) is 60.4 Å². The average molecular weight is 514 g/mol. The van der Waals surface area contributed by atoms with E-state index in [2.05, 4.69) is 0 Å². The maximum absolute atomic E-state index is 14.5. The van der Waals surface area contributed by atoms with Crippen LogP contribution in [-0.2, 0) is 0 Å². The van der Waals surface area contributed by atoms with Crippen LogP contribution in [0, 0.1) is 18.2 Å². The molecular formula is C34H24FNO3. The molecule has 0 saturated carbocycles. The fourth-order valence-corrected chi connectivity index (χ4v) is 6.87. The van der Waals surface area contributed by atoms with E-state index >= 15 is 0 Å². The van der Waals surface area contributed by atoms with Crippen LogP contribution in [0.4, 0.5) is 10.1 Å². The first-order valence-corrected chi connectivity index (χ1v) is 13.0. The van der Waals surface area contributed by atoms with Gasteiger partial charge in [-0.25, -0.2) is 4.39 Å². The molecule has 0 unspecified atom stereocenters. The zero-order valence-corrected chi connectivity index (χ0v) is 21.2. The molecule has 39 heavy (non-hydrogen) atoms. The Morgan fingerprint density at radius 1 is 0.821 bits per heavy atom. The quantitative estimate of drug-likeness (QED) is 0.233. The highest BCUT2D eigenvalue weighted by molar-refractivity contribution is 6.32. The average Bonchev–Trinajstić information content (AvgIpc) is 3.39. The summed E-state index contributed by atoms with van der Waals surface area (Å²) in [4.78, 5) is 45.5. The molecule has 4 nitrogen and oxygen atoms in total. The highest BCUT2D eigenvalue weighted by atomic mass is 19.1. The van der Waals surface area contributed by atoms with Crippen molar-refractivity contribution in [2.24, 2.45) is 5.41 Å². The van der Waals surface area contributed by atoms with Crippen LogP contribution in [0.25, 0.3) is 6.08 Å². The number of benzene rings is 4. The van der Waals surface area contributed by atoms with Gasteiger partial charge in [0.1, 0.15) is 17.3 Å². The number of fused-ring (bicyclic) bond motifs is 5. The van der Waals surface area contributed by atoms with Gasteiger partial charge < -0.3 is 4.90 Å². The third kappa shape index (κ3) is 3.13. The minimum atomic E-state index is -1.56. The van der Waals surface area contributed by atoms with Gasteiger partial charge in [0.05, 0.1) is 6.04 Å². The molecule has 0 aromatic heterocycles. The number of carbonyl (C=O) groups excluding carboxylic acids is 3. The molecule has 1 aliphatic carbocycles. The fourth-order valence-electron chi connectivity index (χ4n) is 6.87. The molecule has 1 fully saturated rings. The topological polar surface area (TPSA) is 54.5 Å². The van der Waals surface area contributed by atoms with Gasteiger partial charge in [-0.1, -0.05) is 96.6 Å². The van der Waals surface area contributed by atoms with Crippen LogP contribution < -0.4 is 4.90 Å². The molecular weight excluding hydrogens is 489 g/mol. The molecule has 1 spiro atoms. The number of Topliss-reactive ketones (excluding diaryl/α,β-unsaturated/α-hetero) is 3. The Labute approximate surface area is 225 Å². The molecule has 2 heterocycles. The Morgan fingerprint density at radius 2 is 1.46 bits per heavy atom. The van der Waals surface area contributed by atoms with Crippen molar-refractivity contribution in [1.82, 2.24) is 0 Å². The predicted octanol–water partition coefficient (Wildman–Crippen LogP) is 6.45. The second-order valence-corrected chi connectivity index (χ2v) is 10.6. The van der Waals surface area contributed by atoms with Crippen molar-refractivity contribution in [1.29, 1.82) is 0 Å². The lowest BCUT2D eigenvalue weighted by atomic mass is 9.64. The van der Waals surface area contributed by atoms with Crippen molar-refractivity contribution < 1.29 is 18.8 Å². The van der Waals surface area contributed by atoms with Gasteiger partial charge in [0.2, 0.25) is 0 Å². The number of rotatable bonds is 3. The van der Waals surface area contributed by atoms with Crippen LogP contribution >= 0.6 is 0 Å². The molecule has 4 aromatic carbocycles. The molecule has 4 aromatic rings. The van der Waals surface area contributed by atoms with Gasteiger partial charge in [0, 0.05) is 33.9 Å². The predicted molar refractivity (Wildman–Crippen MR) is 148 cm³/mol. The van der Waals surface area contributed by atoms with Crippen LogP contribution in [0.1, 0.15) is 53.7 Å². The summed E-state index contributed by atoms with van der Waals surface area (Å²) in [5.74, 6) is -1.91. The lowest BCUT2D eigenvalue weighted by Gasteiger charge is -2.37. The number of hydrogen-bond acceptors (Lipinski definition) is 4. The summed E-state index contributed by atoms with van der Waals surface area (Å²) < 4.78 is 14.3. The Kier molecular flexibility index (Phi) is 5.08. The first-order valence-electron chi connectivity index (χ1n) is 13.0. The summed E-state index contributed by atoms with van der Waals surface area (Å²) in [7, 11) is 0. The van der Waals surface area contributed by atoms with Gasteiger partial charge in [-0.05, 0) is 30.7 Å². The number of aryl methyl sites for hydroxylation is 1. The van der Waals surface area contributed by atoms with Gasteiger partial charge in [-0.15, -0.1) is 0 Å². The molecule has 7 rings (SSSR count). The van der Waals surface area contributed by atoms with Crippen LogP contribution in [0.2, 0.25) is 0 Å². The number of anilines is 1. The van der Waals surface area contributed by atoms with Gasteiger partial charge >= 0.3 is 0 Å². The third-order valence-electron chi connectivity index (χ3n) is 8.53. The van der Waals surface area contributed by atoms with E-state index in [1.54, 1.807) is 48.5 Å². The second-order valence-electron chi connectivity index (χ2n) is 10.6. The molecule has 0 radical (unpaired) electrons. The summed E-state index contributed by atoms with van der Waals surface area (Å²) in [6, 6.07) is 26.5. The molecule has 3 aliphatic rings. The van der Waals surface area contributed by atoms with Crippen molar-refractivity contribution in [3.05, 3.63) is 142 Å². The summed E-state index contributed by atoms with van der Waals surface area (Å²) in [5.41, 5.74) is 2.69. The first kappa shape index (κ1) is 23.5. The van der Waals surface area contributed by atoms with E-state index in [-0.39, 0.29) is 17.3 Å². The van der Waals surface area contributed by atoms with E-state index in [9.17, 15) is 18.8 Å². The van der Waals surface area contributed by atoms with E-state index in [4.69, 9.17) is 0 Å². The zero-order valence-electron chi connectivity index (χ0n) is 21.2. The van der Waals surface area contributed by atoms with Gasteiger partial charge in [0.25, 0.3) is 0 Å². The number of hydrogen-bond donors (Lipinski definition) is 0. The first-order chi connectivity index (χ1) is 18.9. The maximum Gasteiger partial charge on any atom is 0.185 e. The minimum Gasteiger partial charge on any atom is -0.352 e. The van der Waals surface area contributed by atoms with Crippen LogP contribution in [-0.4, -0.2) is 29.4 Å². The zero-order chi connectivity index (χ0) is 26.9. The standard InChI is InChI=1S/C34H24FNO3/c1-20-11-13-22(14-12-20)31(37)30-29(21-7-3-2-4-8-21)34(32(38)25-9-5-6-10-26(25)33(34)39)28-18-15-23-19-24(35)16-17-27(23)36(28)30/h2-19,28-30H,1H3/t28-,29-,30+/m0/s1. The van der Waals surface area contributed by atoms with Crippen LogP contribution in [0.3, 0.4) is 0 Å². The normalized spacial score (nSPS) is 22.1. The molecule has 2 aliphatic heterocycles. The van der Waals surface area contributed by atoms with E-state index < -0.39 is 29.2 Å². The van der Waals surface area contributed by atoms with Crippen molar-refractivity contribution in [2.75, 3.05) is 4.90 Å². The highest BCUT2D eigenvalue weighted by Gasteiger charge is 2.71.